The maximum atomic E-state index is 9.91. The van der Waals surface area contributed by atoms with Crippen molar-refractivity contribution in [3.63, 3.8) is 0 Å². The van der Waals surface area contributed by atoms with Gasteiger partial charge in [-0.05, 0) is 12.0 Å². The summed E-state index contributed by atoms with van der Waals surface area (Å²) >= 11 is 0. The van der Waals surface area contributed by atoms with Gasteiger partial charge in [0, 0.05) is 19.6 Å². The number of rotatable bonds is 3. The summed E-state index contributed by atoms with van der Waals surface area (Å²) in [6.45, 7) is 1.46. The van der Waals surface area contributed by atoms with Gasteiger partial charge in [-0.2, -0.15) is 0 Å². The van der Waals surface area contributed by atoms with Gasteiger partial charge in [-0.3, -0.25) is 4.90 Å². The van der Waals surface area contributed by atoms with Crippen molar-refractivity contribution in [3.05, 3.63) is 35.9 Å². The minimum Gasteiger partial charge on any atom is -0.393 e. The maximum Gasteiger partial charge on any atom is 0.116 e. The third-order valence-corrected chi connectivity index (χ3v) is 3.44. The molecule has 2 atom stereocenters. The molecule has 0 saturated carbocycles. The number of likely N-dealkylation sites (tertiary alicyclic amines) is 1. The van der Waals surface area contributed by atoms with Crippen LogP contribution < -0.4 is 0 Å². The molecule has 4 heteroatoms. The number of aliphatic hydroxyl groups excluding tert-OH is 2. The Bertz CT molecular complexity index is 357. The topological polar surface area (TPSA) is 63.9 Å². The number of aliphatic hydroxyl groups is 3. The van der Waals surface area contributed by atoms with Gasteiger partial charge in [0.1, 0.15) is 5.60 Å². The second kappa shape index (κ2) is 5.14. The van der Waals surface area contributed by atoms with Gasteiger partial charge in [-0.1, -0.05) is 30.3 Å². The molecule has 1 heterocycles. The molecule has 1 saturated heterocycles. The van der Waals surface area contributed by atoms with Crippen molar-refractivity contribution in [1.29, 1.82) is 0 Å². The Morgan fingerprint density at radius 2 is 2.00 bits per heavy atom. The Kier molecular flexibility index (Phi) is 3.79. The first-order valence-corrected chi connectivity index (χ1v) is 5.91. The summed E-state index contributed by atoms with van der Waals surface area (Å²) in [4.78, 5) is 2.09. The van der Waals surface area contributed by atoms with E-state index in [1.165, 1.54) is 5.56 Å². The molecule has 0 radical (unpaired) electrons. The number of nitrogens with zero attached hydrogens (tertiary/aromatic N) is 1. The van der Waals surface area contributed by atoms with Crippen LogP contribution in [-0.2, 0) is 6.54 Å². The molecule has 1 fully saturated rings. The first-order valence-electron chi connectivity index (χ1n) is 5.91. The van der Waals surface area contributed by atoms with Gasteiger partial charge in [-0.25, -0.2) is 0 Å². The highest BCUT2D eigenvalue weighted by Gasteiger charge is 2.39. The van der Waals surface area contributed by atoms with E-state index < -0.39 is 11.7 Å². The molecule has 0 aliphatic carbocycles. The lowest BCUT2D eigenvalue weighted by molar-refractivity contribution is -0.142. The molecule has 2 rings (SSSR count). The van der Waals surface area contributed by atoms with E-state index in [-0.39, 0.29) is 6.61 Å². The Labute approximate surface area is 101 Å². The maximum absolute atomic E-state index is 9.91. The lowest BCUT2D eigenvalue weighted by Crippen LogP contribution is -2.57. The van der Waals surface area contributed by atoms with Gasteiger partial charge >= 0.3 is 0 Å². The van der Waals surface area contributed by atoms with Crippen molar-refractivity contribution in [2.75, 3.05) is 19.7 Å². The fourth-order valence-electron chi connectivity index (χ4n) is 2.19. The molecule has 0 unspecified atom stereocenters. The molecule has 3 N–H and O–H groups in total. The van der Waals surface area contributed by atoms with Gasteiger partial charge in [0.05, 0.1) is 12.7 Å². The summed E-state index contributed by atoms with van der Waals surface area (Å²) in [6.07, 6.45) is -0.484. The lowest BCUT2D eigenvalue weighted by atomic mass is 9.89. The Balaban J connectivity index is 1.94. The minimum atomic E-state index is -1.33. The molecule has 0 spiro atoms. The van der Waals surface area contributed by atoms with Crippen LogP contribution in [0.3, 0.4) is 0 Å². The van der Waals surface area contributed by atoms with E-state index in [4.69, 9.17) is 5.11 Å². The number of β-amino-alcohol motifs (C(OH)–C–C–N with tert-alkyl or cyclic N) is 1. The summed E-state index contributed by atoms with van der Waals surface area (Å²) in [5.74, 6) is 0. The first kappa shape index (κ1) is 12.5. The molecule has 1 aromatic rings. The van der Waals surface area contributed by atoms with Crippen molar-refractivity contribution < 1.29 is 15.3 Å². The minimum absolute atomic E-state index is 0.382. The third-order valence-electron chi connectivity index (χ3n) is 3.44. The Morgan fingerprint density at radius 3 is 2.59 bits per heavy atom. The fourth-order valence-corrected chi connectivity index (χ4v) is 2.19. The molecule has 0 amide bonds. The summed E-state index contributed by atoms with van der Waals surface area (Å²) in [5.41, 5.74) is -0.137. The third kappa shape index (κ3) is 2.84. The summed E-state index contributed by atoms with van der Waals surface area (Å²) in [6, 6.07) is 10.0. The van der Waals surface area contributed by atoms with Crippen LogP contribution in [0.25, 0.3) is 0 Å². The van der Waals surface area contributed by atoms with Crippen LogP contribution in [0.2, 0.25) is 0 Å². The highest BCUT2D eigenvalue weighted by molar-refractivity contribution is 5.14. The predicted octanol–water partition coefficient (Wildman–Crippen LogP) is -0.0234. The molecule has 94 valence electrons. The SMILES string of the molecule is OC[C@]1(O)CCN(Cc2ccccc2)C[C@H]1O. The van der Waals surface area contributed by atoms with E-state index >= 15 is 0 Å². The van der Waals surface area contributed by atoms with Gasteiger partial charge in [0.25, 0.3) is 0 Å². The van der Waals surface area contributed by atoms with E-state index in [9.17, 15) is 10.2 Å². The van der Waals surface area contributed by atoms with Crippen LogP contribution in [0.15, 0.2) is 30.3 Å². The van der Waals surface area contributed by atoms with Gasteiger partial charge in [0.2, 0.25) is 0 Å². The molecule has 17 heavy (non-hydrogen) atoms. The molecule has 1 aromatic carbocycles. The molecule has 0 aromatic heterocycles. The van der Waals surface area contributed by atoms with Crippen molar-refractivity contribution in [3.8, 4) is 0 Å². The van der Waals surface area contributed by atoms with Gasteiger partial charge in [-0.15, -0.1) is 0 Å². The highest BCUT2D eigenvalue weighted by Crippen LogP contribution is 2.23. The van der Waals surface area contributed by atoms with Crippen molar-refractivity contribution in [2.45, 2.75) is 24.7 Å². The van der Waals surface area contributed by atoms with Crippen LogP contribution in [0.1, 0.15) is 12.0 Å². The van der Waals surface area contributed by atoms with E-state index in [0.717, 1.165) is 6.54 Å². The van der Waals surface area contributed by atoms with Gasteiger partial charge in [0.15, 0.2) is 0 Å². The van der Waals surface area contributed by atoms with Crippen molar-refractivity contribution in [1.82, 2.24) is 4.90 Å². The largest absolute Gasteiger partial charge is 0.393 e. The summed E-state index contributed by atoms with van der Waals surface area (Å²) in [7, 11) is 0. The van der Waals surface area contributed by atoms with E-state index in [2.05, 4.69) is 4.90 Å². The first-order chi connectivity index (χ1) is 8.14. The second-order valence-corrected chi connectivity index (χ2v) is 4.75. The predicted molar refractivity (Wildman–Crippen MR) is 64.4 cm³/mol. The van der Waals surface area contributed by atoms with Crippen LogP contribution in [0.5, 0.6) is 0 Å². The molecule has 1 aliphatic heterocycles. The van der Waals surface area contributed by atoms with Crippen LogP contribution in [0.4, 0.5) is 0 Å². The number of benzene rings is 1. The zero-order chi connectivity index (χ0) is 12.3. The molecule has 4 nitrogen and oxygen atoms in total. The average Bonchev–Trinajstić information content (AvgIpc) is 2.35. The summed E-state index contributed by atoms with van der Waals surface area (Å²) in [5, 5.41) is 28.8. The van der Waals surface area contributed by atoms with E-state index in [1.807, 2.05) is 30.3 Å². The fraction of sp³-hybridized carbons (Fsp3) is 0.538. The van der Waals surface area contributed by atoms with E-state index in [0.29, 0.717) is 19.5 Å². The molecular formula is C13H19NO3. The highest BCUT2D eigenvalue weighted by atomic mass is 16.4. The summed E-state index contributed by atoms with van der Waals surface area (Å²) < 4.78 is 0. The number of piperidine rings is 1. The molecule has 0 bridgehead atoms. The van der Waals surface area contributed by atoms with Crippen molar-refractivity contribution >= 4 is 0 Å². The van der Waals surface area contributed by atoms with Gasteiger partial charge < -0.3 is 15.3 Å². The smallest absolute Gasteiger partial charge is 0.116 e. The van der Waals surface area contributed by atoms with E-state index in [1.54, 1.807) is 0 Å². The Hall–Kier alpha value is -0.940. The van der Waals surface area contributed by atoms with Crippen LogP contribution in [-0.4, -0.2) is 51.6 Å². The normalized spacial score (nSPS) is 30.4. The monoisotopic (exact) mass is 237 g/mol. The standard InChI is InChI=1S/C13H19NO3/c15-10-13(17)6-7-14(9-12(13)16)8-11-4-2-1-3-5-11/h1-5,12,15-17H,6-10H2/t12-,13-/m1/s1. The lowest BCUT2D eigenvalue weighted by Gasteiger charge is -2.41. The Morgan fingerprint density at radius 1 is 1.29 bits per heavy atom. The average molecular weight is 237 g/mol. The quantitative estimate of drug-likeness (QED) is 0.691. The molecular weight excluding hydrogens is 218 g/mol. The second-order valence-electron chi connectivity index (χ2n) is 4.75. The van der Waals surface area contributed by atoms with Crippen LogP contribution in [0, 0.1) is 0 Å². The zero-order valence-electron chi connectivity index (χ0n) is 9.79. The number of hydrogen-bond donors (Lipinski definition) is 3. The zero-order valence-corrected chi connectivity index (χ0v) is 9.79. The number of hydrogen-bond acceptors (Lipinski definition) is 4. The van der Waals surface area contributed by atoms with Crippen molar-refractivity contribution in [2.24, 2.45) is 0 Å². The van der Waals surface area contributed by atoms with Crippen LogP contribution >= 0.6 is 0 Å². The molecule has 1 aliphatic rings.